The molecule has 0 saturated heterocycles. The van der Waals surface area contributed by atoms with Crippen LogP contribution in [-0.4, -0.2) is 28.8 Å². The van der Waals surface area contributed by atoms with Crippen molar-refractivity contribution in [1.82, 2.24) is 0 Å². The van der Waals surface area contributed by atoms with E-state index in [-0.39, 0.29) is 27.6 Å². The third-order valence-corrected chi connectivity index (χ3v) is 4.71. The molecular formula is C19H11N3O7. The van der Waals surface area contributed by atoms with Gasteiger partial charge in [-0.2, -0.15) is 0 Å². The monoisotopic (exact) mass is 393 g/mol. The van der Waals surface area contributed by atoms with Gasteiger partial charge in [-0.15, -0.1) is 0 Å². The zero-order valence-corrected chi connectivity index (χ0v) is 14.8. The summed E-state index contributed by atoms with van der Waals surface area (Å²) < 4.78 is 5.07. The number of hydrogen-bond donors (Lipinski definition) is 0. The molecule has 0 atom stereocenters. The Morgan fingerprint density at radius 1 is 0.759 bits per heavy atom. The Labute approximate surface area is 162 Å². The lowest BCUT2D eigenvalue weighted by atomic mass is 9.91. The standard InChI is InChI=1S/C19H11N3O7/c1-29-11-4-2-10(3-5-11)20-18(23)12-6-8-14(21(25)26)17-15(22(27)28)9-7-13(16(12)17)19(20)24/h2-9H,1H3. The highest BCUT2D eigenvalue weighted by atomic mass is 16.6. The summed E-state index contributed by atoms with van der Waals surface area (Å²) in [5.41, 5.74) is -0.873. The molecule has 1 aliphatic heterocycles. The molecule has 4 rings (SSSR count). The molecular weight excluding hydrogens is 382 g/mol. The molecule has 29 heavy (non-hydrogen) atoms. The van der Waals surface area contributed by atoms with Crippen LogP contribution in [0.5, 0.6) is 5.75 Å². The predicted molar refractivity (Wildman–Crippen MR) is 101 cm³/mol. The van der Waals surface area contributed by atoms with Gasteiger partial charge in [-0.1, -0.05) is 0 Å². The Hall–Kier alpha value is -4.34. The number of non-ortho nitro benzene ring substituents is 2. The molecule has 3 aromatic rings. The van der Waals surface area contributed by atoms with Crippen molar-refractivity contribution in [2.24, 2.45) is 0 Å². The summed E-state index contributed by atoms with van der Waals surface area (Å²) in [4.78, 5) is 48.3. The van der Waals surface area contributed by atoms with Crippen LogP contribution in [0.1, 0.15) is 20.7 Å². The first-order chi connectivity index (χ1) is 13.8. The molecule has 0 saturated carbocycles. The van der Waals surface area contributed by atoms with Gasteiger partial charge in [-0.25, -0.2) is 4.90 Å². The number of rotatable bonds is 4. The van der Waals surface area contributed by atoms with Crippen LogP contribution < -0.4 is 9.64 Å². The van der Waals surface area contributed by atoms with Gasteiger partial charge < -0.3 is 4.74 Å². The molecule has 0 spiro atoms. The van der Waals surface area contributed by atoms with E-state index in [2.05, 4.69) is 0 Å². The molecule has 10 heteroatoms. The summed E-state index contributed by atoms with van der Waals surface area (Å²) >= 11 is 0. The lowest BCUT2D eigenvalue weighted by Gasteiger charge is -2.27. The van der Waals surface area contributed by atoms with Crippen molar-refractivity contribution >= 4 is 39.6 Å². The number of amides is 2. The second kappa shape index (κ2) is 6.37. The molecule has 3 aromatic carbocycles. The van der Waals surface area contributed by atoms with Crippen LogP contribution >= 0.6 is 0 Å². The Morgan fingerprint density at radius 2 is 1.24 bits per heavy atom. The zero-order valence-electron chi connectivity index (χ0n) is 14.8. The smallest absolute Gasteiger partial charge is 0.284 e. The Kier molecular flexibility index (Phi) is 3.97. The quantitative estimate of drug-likeness (QED) is 0.376. The van der Waals surface area contributed by atoms with Gasteiger partial charge in [0.05, 0.1) is 22.6 Å². The van der Waals surface area contributed by atoms with Crippen LogP contribution in [0.4, 0.5) is 17.1 Å². The molecule has 0 unspecified atom stereocenters. The van der Waals surface area contributed by atoms with Crippen molar-refractivity contribution in [2.75, 3.05) is 12.0 Å². The van der Waals surface area contributed by atoms with E-state index >= 15 is 0 Å². The van der Waals surface area contributed by atoms with Gasteiger partial charge in [0.15, 0.2) is 0 Å². The fourth-order valence-electron chi connectivity index (χ4n) is 3.42. The molecule has 0 radical (unpaired) electrons. The maximum absolute atomic E-state index is 13.1. The van der Waals surface area contributed by atoms with E-state index < -0.39 is 33.0 Å². The van der Waals surface area contributed by atoms with Gasteiger partial charge in [0.2, 0.25) is 0 Å². The van der Waals surface area contributed by atoms with Crippen LogP contribution in [0.3, 0.4) is 0 Å². The summed E-state index contributed by atoms with van der Waals surface area (Å²) in [7, 11) is 1.48. The van der Waals surface area contributed by atoms with Crippen LogP contribution in [0.25, 0.3) is 10.8 Å². The maximum atomic E-state index is 13.1. The first-order valence-electron chi connectivity index (χ1n) is 8.26. The normalized spacial score (nSPS) is 12.9. The topological polar surface area (TPSA) is 133 Å². The minimum absolute atomic E-state index is 0.0280. The molecule has 0 N–H and O–H groups in total. The third kappa shape index (κ3) is 2.57. The Morgan fingerprint density at radius 3 is 1.66 bits per heavy atom. The number of ether oxygens (including phenoxy) is 1. The predicted octanol–water partition coefficient (Wildman–Crippen LogP) is 3.47. The second-order valence-corrected chi connectivity index (χ2v) is 6.17. The van der Waals surface area contributed by atoms with Crippen LogP contribution in [0.2, 0.25) is 0 Å². The van der Waals surface area contributed by atoms with E-state index in [9.17, 15) is 29.8 Å². The summed E-state index contributed by atoms with van der Waals surface area (Å²) in [6.45, 7) is 0. The maximum Gasteiger partial charge on any atom is 0.284 e. The van der Waals surface area contributed by atoms with Gasteiger partial charge in [-0.05, 0) is 36.4 Å². The van der Waals surface area contributed by atoms with E-state index in [1.54, 1.807) is 12.1 Å². The molecule has 10 nitrogen and oxygen atoms in total. The van der Waals surface area contributed by atoms with E-state index in [0.29, 0.717) is 5.75 Å². The number of nitrogens with zero attached hydrogens (tertiary/aromatic N) is 3. The number of carbonyl (C=O) groups is 2. The number of methoxy groups -OCH3 is 1. The highest BCUT2D eigenvalue weighted by Crippen LogP contribution is 2.41. The lowest BCUT2D eigenvalue weighted by molar-refractivity contribution is -0.390. The summed E-state index contributed by atoms with van der Waals surface area (Å²) in [5.74, 6) is -0.930. The second-order valence-electron chi connectivity index (χ2n) is 6.17. The molecule has 1 heterocycles. The van der Waals surface area contributed by atoms with Crippen LogP contribution in [0.15, 0.2) is 48.5 Å². The first-order valence-corrected chi connectivity index (χ1v) is 8.26. The van der Waals surface area contributed by atoms with E-state index in [0.717, 1.165) is 17.0 Å². The Balaban J connectivity index is 2.01. The molecule has 0 aliphatic carbocycles. The number of hydrogen-bond acceptors (Lipinski definition) is 7. The van der Waals surface area contributed by atoms with E-state index in [4.69, 9.17) is 4.74 Å². The molecule has 1 aliphatic rings. The van der Waals surface area contributed by atoms with Crippen molar-refractivity contribution in [3.63, 3.8) is 0 Å². The van der Waals surface area contributed by atoms with Gasteiger partial charge >= 0.3 is 0 Å². The van der Waals surface area contributed by atoms with Gasteiger partial charge in [0.25, 0.3) is 23.2 Å². The van der Waals surface area contributed by atoms with Crippen molar-refractivity contribution in [1.29, 1.82) is 0 Å². The third-order valence-electron chi connectivity index (χ3n) is 4.71. The van der Waals surface area contributed by atoms with Gasteiger partial charge in [0, 0.05) is 28.6 Å². The van der Waals surface area contributed by atoms with Gasteiger partial charge in [0.1, 0.15) is 11.1 Å². The number of nitro benzene ring substituents is 2. The lowest BCUT2D eigenvalue weighted by Crippen LogP contribution is -2.40. The average Bonchev–Trinajstić information content (AvgIpc) is 2.71. The fraction of sp³-hybridized carbons (Fsp3) is 0.0526. The molecule has 2 amide bonds. The molecule has 144 valence electrons. The van der Waals surface area contributed by atoms with Crippen molar-refractivity contribution in [3.8, 4) is 5.75 Å². The number of anilines is 1. The fourth-order valence-corrected chi connectivity index (χ4v) is 3.42. The first kappa shape index (κ1) is 18.0. The van der Waals surface area contributed by atoms with Gasteiger partial charge in [-0.3, -0.25) is 29.8 Å². The minimum Gasteiger partial charge on any atom is -0.497 e. The van der Waals surface area contributed by atoms with Crippen molar-refractivity contribution in [3.05, 3.63) is 79.9 Å². The number of carbonyl (C=O) groups excluding carboxylic acids is 2. The molecule has 0 bridgehead atoms. The largest absolute Gasteiger partial charge is 0.497 e. The highest BCUT2D eigenvalue weighted by molar-refractivity contribution is 6.37. The number of imide groups is 1. The summed E-state index contributed by atoms with van der Waals surface area (Å²) in [6, 6.07) is 10.7. The summed E-state index contributed by atoms with van der Waals surface area (Å²) in [5, 5.41) is 22.4. The SMILES string of the molecule is COc1ccc(N2C(=O)c3ccc([N+](=O)[O-])c4c([N+](=O)[O-])ccc(c34)C2=O)cc1. The van der Waals surface area contributed by atoms with Crippen molar-refractivity contribution in [2.45, 2.75) is 0 Å². The van der Waals surface area contributed by atoms with Crippen LogP contribution in [0, 0.1) is 20.2 Å². The van der Waals surface area contributed by atoms with Crippen molar-refractivity contribution < 1.29 is 24.2 Å². The number of benzene rings is 3. The average molecular weight is 393 g/mol. The molecule has 0 aromatic heterocycles. The molecule has 0 fully saturated rings. The summed E-state index contributed by atoms with van der Waals surface area (Å²) in [6.07, 6.45) is 0. The van der Waals surface area contributed by atoms with Crippen LogP contribution in [-0.2, 0) is 0 Å². The number of nitro groups is 2. The highest BCUT2D eigenvalue weighted by Gasteiger charge is 2.38. The minimum atomic E-state index is -0.777. The van der Waals surface area contributed by atoms with E-state index in [1.165, 1.54) is 31.4 Å². The van der Waals surface area contributed by atoms with E-state index in [1.807, 2.05) is 0 Å². The zero-order chi connectivity index (χ0) is 20.9. The Bertz CT molecular complexity index is 1170.